The number of benzene rings is 2. The second kappa shape index (κ2) is 9.47. The predicted molar refractivity (Wildman–Crippen MR) is 114 cm³/mol. The molecule has 0 aromatic heterocycles. The van der Waals surface area contributed by atoms with Crippen molar-refractivity contribution in [1.29, 1.82) is 0 Å². The van der Waals surface area contributed by atoms with E-state index in [9.17, 15) is 14.4 Å². The molecule has 0 radical (unpaired) electrons. The van der Waals surface area contributed by atoms with E-state index in [0.717, 1.165) is 5.56 Å². The van der Waals surface area contributed by atoms with Gasteiger partial charge in [-0.25, -0.2) is 0 Å². The zero-order valence-corrected chi connectivity index (χ0v) is 17.7. The SMILES string of the molecule is COC(C(=O)NCC1(c2ccccc2)CCC(=O)N1)C(=O)Nc1cc(Cl)cc(Cl)c1. The maximum absolute atomic E-state index is 12.7. The van der Waals surface area contributed by atoms with Gasteiger partial charge in [-0.3, -0.25) is 14.4 Å². The first kappa shape index (κ1) is 22.1. The number of halogens is 2. The summed E-state index contributed by atoms with van der Waals surface area (Å²) in [5.74, 6) is -1.39. The molecule has 0 aliphatic carbocycles. The summed E-state index contributed by atoms with van der Waals surface area (Å²) in [7, 11) is 1.26. The van der Waals surface area contributed by atoms with Crippen LogP contribution >= 0.6 is 23.2 Å². The van der Waals surface area contributed by atoms with Crippen LogP contribution in [-0.2, 0) is 24.7 Å². The Bertz CT molecular complexity index is 934. The van der Waals surface area contributed by atoms with Crippen molar-refractivity contribution in [3.05, 3.63) is 64.1 Å². The van der Waals surface area contributed by atoms with Crippen LogP contribution in [0, 0.1) is 0 Å². The molecular weight excluding hydrogens is 429 g/mol. The van der Waals surface area contributed by atoms with E-state index in [0.29, 0.717) is 28.6 Å². The smallest absolute Gasteiger partial charge is 0.263 e. The quantitative estimate of drug-likeness (QED) is 0.566. The zero-order valence-electron chi connectivity index (χ0n) is 16.2. The van der Waals surface area contributed by atoms with Gasteiger partial charge in [0.05, 0.1) is 5.54 Å². The molecule has 1 aliphatic rings. The van der Waals surface area contributed by atoms with E-state index in [-0.39, 0.29) is 12.5 Å². The highest BCUT2D eigenvalue weighted by Gasteiger charge is 2.40. The molecule has 0 bridgehead atoms. The van der Waals surface area contributed by atoms with Gasteiger partial charge < -0.3 is 20.7 Å². The zero-order chi connectivity index (χ0) is 21.7. The molecule has 158 valence electrons. The molecule has 2 aromatic rings. The third-order valence-electron chi connectivity index (χ3n) is 4.89. The Morgan fingerprint density at radius 3 is 2.37 bits per heavy atom. The van der Waals surface area contributed by atoms with Gasteiger partial charge in [0, 0.05) is 35.8 Å². The number of anilines is 1. The lowest BCUT2D eigenvalue weighted by molar-refractivity contribution is -0.140. The fourth-order valence-corrected chi connectivity index (χ4v) is 3.95. The first-order valence-electron chi connectivity index (χ1n) is 9.27. The van der Waals surface area contributed by atoms with Crippen molar-refractivity contribution in [3.8, 4) is 0 Å². The fourth-order valence-electron chi connectivity index (χ4n) is 3.42. The second-order valence-electron chi connectivity index (χ2n) is 6.98. The lowest BCUT2D eigenvalue weighted by Gasteiger charge is -2.30. The van der Waals surface area contributed by atoms with Gasteiger partial charge in [-0.2, -0.15) is 0 Å². The van der Waals surface area contributed by atoms with Gasteiger partial charge in [-0.15, -0.1) is 0 Å². The summed E-state index contributed by atoms with van der Waals surface area (Å²) in [6, 6.07) is 13.9. The topological polar surface area (TPSA) is 96.5 Å². The maximum atomic E-state index is 12.7. The largest absolute Gasteiger partial charge is 0.362 e. The van der Waals surface area contributed by atoms with Crippen molar-refractivity contribution in [3.63, 3.8) is 0 Å². The number of rotatable bonds is 7. The average Bonchev–Trinajstić information content (AvgIpc) is 3.09. The van der Waals surface area contributed by atoms with Crippen molar-refractivity contribution in [2.45, 2.75) is 24.5 Å². The number of hydrogen-bond donors (Lipinski definition) is 3. The molecule has 1 aliphatic heterocycles. The Kier molecular flexibility index (Phi) is 6.97. The van der Waals surface area contributed by atoms with Crippen molar-refractivity contribution < 1.29 is 19.1 Å². The number of amides is 3. The Balaban J connectivity index is 1.69. The normalized spacial score (nSPS) is 19.1. The van der Waals surface area contributed by atoms with Gasteiger partial charge in [-0.05, 0) is 30.2 Å². The highest BCUT2D eigenvalue weighted by molar-refractivity contribution is 6.35. The number of nitrogens with one attached hydrogen (secondary N) is 3. The lowest BCUT2D eigenvalue weighted by atomic mass is 9.88. The van der Waals surface area contributed by atoms with Crippen LogP contribution in [0.15, 0.2) is 48.5 Å². The van der Waals surface area contributed by atoms with Gasteiger partial charge >= 0.3 is 0 Å². The molecule has 0 spiro atoms. The summed E-state index contributed by atoms with van der Waals surface area (Å²) in [6.07, 6.45) is -0.511. The molecule has 0 saturated carbocycles. The summed E-state index contributed by atoms with van der Waals surface area (Å²) >= 11 is 11.9. The lowest BCUT2D eigenvalue weighted by Crippen LogP contribution is -2.52. The molecule has 7 nitrogen and oxygen atoms in total. The van der Waals surface area contributed by atoms with Crippen molar-refractivity contribution in [2.75, 3.05) is 19.0 Å². The number of ether oxygens (including phenoxy) is 1. The highest BCUT2D eigenvalue weighted by Crippen LogP contribution is 2.31. The Morgan fingerprint density at radius 2 is 1.80 bits per heavy atom. The summed E-state index contributed by atoms with van der Waals surface area (Å²) < 4.78 is 5.10. The molecule has 2 unspecified atom stereocenters. The summed E-state index contributed by atoms with van der Waals surface area (Å²) in [5.41, 5.74) is 0.489. The molecule has 1 heterocycles. The van der Waals surface area contributed by atoms with E-state index < -0.39 is 23.5 Å². The van der Waals surface area contributed by atoms with Gasteiger partial charge in [0.2, 0.25) is 12.0 Å². The van der Waals surface area contributed by atoms with E-state index in [1.54, 1.807) is 0 Å². The van der Waals surface area contributed by atoms with E-state index in [2.05, 4.69) is 16.0 Å². The molecule has 3 rings (SSSR count). The van der Waals surface area contributed by atoms with Crippen LogP contribution in [-0.4, -0.2) is 37.5 Å². The third-order valence-corrected chi connectivity index (χ3v) is 5.33. The minimum Gasteiger partial charge on any atom is -0.362 e. The molecule has 3 amide bonds. The summed E-state index contributed by atoms with van der Waals surface area (Å²) in [5, 5.41) is 8.95. The molecule has 1 saturated heterocycles. The van der Waals surface area contributed by atoms with E-state index in [1.165, 1.54) is 25.3 Å². The second-order valence-corrected chi connectivity index (χ2v) is 7.85. The molecular formula is C21H21Cl2N3O4. The molecule has 1 fully saturated rings. The monoisotopic (exact) mass is 449 g/mol. The minimum atomic E-state index is -1.40. The van der Waals surface area contributed by atoms with Crippen molar-refractivity contribution >= 4 is 46.6 Å². The highest BCUT2D eigenvalue weighted by atomic mass is 35.5. The first-order chi connectivity index (χ1) is 14.3. The average molecular weight is 450 g/mol. The summed E-state index contributed by atoms with van der Waals surface area (Å²) in [6.45, 7) is 0.123. The maximum Gasteiger partial charge on any atom is 0.263 e. The van der Waals surface area contributed by atoms with E-state index in [1.807, 2.05) is 30.3 Å². The number of carbonyl (C=O) groups is 3. The molecule has 9 heteroatoms. The Labute approximate surface area is 184 Å². The van der Waals surface area contributed by atoms with Crippen LogP contribution in [0.25, 0.3) is 0 Å². The fraction of sp³-hybridized carbons (Fsp3) is 0.286. The van der Waals surface area contributed by atoms with Crippen LogP contribution < -0.4 is 16.0 Å². The van der Waals surface area contributed by atoms with Gasteiger partial charge in [-0.1, -0.05) is 53.5 Å². The number of methoxy groups -OCH3 is 1. The molecule has 3 N–H and O–H groups in total. The van der Waals surface area contributed by atoms with Crippen LogP contribution in [0.5, 0.6) is 0 Å². The Hall–Kier alpha value is -2.61. The van der Waals surface area contributed by atoms with Crippen LogP contribution in [0.1, 0.15) is 18.4 Å². The molecule has 30 heavy (non-hydrogen) atoms. The van der Waals surface area contributed by atoms with E-state index >= 15 is 0 Å². The standard InChI is InChI=1S/C21H21Cl2N3O4/c1-30-18(20(29)25-16-10-14(22)9-15(23)11-16)19(28)24-12-21(8-7-17(27)26-21)13-5-3-2-4-6-13/h2-6,9-11,18H,7-8,12H2,1H3,(H,24,28)(H,25,29)(H,26,27). The Morgan fingerprint density at radius 1 is 1.13 bits per heavy atom. The van der Waals surface area contributed by atoms with E-state index in [4.69, 9.17) is 27.9 Å². The predicted octanol–water partition coefficient (Wildman–Crippen LogP) is 2.87. The minimum absolute atomic E-state index is 0.0908. The van der Waals surface area contributed by atoms with Crippen LogP contribution in [0.2, 0.25) is 10.0 Å². The molecule has 2 atom stereocenters. The molecule has 2 aromatic carbocycles. The van der Waals surface area contributed by atoms with Crippen LogP contribution in [0.3, 0.4) is 0 Å². The van der Waals surface area contributed by atoms with Gasteiger partial charge in [0.15, 0.2) is 0 Å². The van der Waals surface area contributed by atoms with Crippen molar-refractivity contribution in [1.82, 2.24) is 10.6 Å². The first-order valence-corrected chi connectivity index (χ1v) is 10.0. The van der Waals surface area contributed by atoms with Crippen molar-refractivity contribution in [2.24, 2.45) is 0 Å². The van der Waals surface area contributed by atoms with Crippen LogP contribution in [0.4, 0.5) is 5.69 Å². The number of carbonyl (C=O) groups excluding carboxylic acids is 3. The summed E-state index contributed by atoms with van der Waals surface area (Å²) in [4.78, 5) is 37.1. The third kappa shape index (κ3) is 5.11. The van der Waals surface area contributed by atoms with Gasteiger partial charge in [0.25, 0.3) is 11.8 Å². The number of hydrogen-bond acceptors (Lipinski definition) is 4. The van der Waals surface area contributed by atoms with Gasteiger partial charge in [0.1, 0.15) is 0 Å².